The van der Waals surface area contributed by atoms with Crippen LogP contribution in [0.5, 0.6) is 0 Å². The van der Waals surface area contributed by atoms with Gasteiger partial charge in [-0.25, -0.2) is 19.9 Å². The molecule has 6 aromatic heterocycles. The maximum Gasteiger partial charge on any atom is 0.120 e. The minimum Gasteiger partial charge on any atom is -0.374 e. The van der Waals surface area contributed by atoms with E-state index in [1.165, 1.54) is 5.57 Å². The number of fused-ring (bicyclic) bond motifs is 9. The molecule has 9 heterocycles. The first-order valence-electron chi connectivity index (χ1n) is 22.2. The maximum atomic E-state index is 5.72. The molecule has 2 atom stereocenters. The summed E-state index contributed by atoms with van der Waals surface area (Å²) >= 11 is 1.78. The molecule has 13 rings (SSSR count). The summed E-state index contributed by atoms with van der Waals surface area (Å²) in [7, 11) is 0. The van der Waals surface area contributed by atoms with E-state index in [0.29, 0.717) is 27.6 Å². The fraction of sp³-hybridized carbons (Fsp3) is 0.111. The third-order valence-electron chi connectivity index (χ3n) is 12.6. The Morgan fingerprint density at radius 2 is 1.05 bits per heavy atom. The normalized spacial score (nSPS) is 17.8. The van der Waals surface area contributed by atoms with Crippen LogP contribution >= 0.6 is 11.8 Å². The molecular formula is C54H37N11S. The lowest BCUT2D eigenvalue weighted by molar-refractivity contribution is 0.869. The van der Waals surface area contributed by atoms with Gasteiger partial charge in [-0.15, -0.1) is 11.8 Å². The van der Waals surface area contributed by atoms with E-state index in [1.807, 2.05) is 104 Å². The average molecular weight is 872 g/mol. The number of rotatable bonds is 6. The van der Waals surface area contributed by atoms with E-state index in [2.05, 4.69) is 60.0 Å². The Bertz CT molecular complexity index is 3640. The Morgan fingerprint density at radius 3 is 1.61 bits per heavy atom. The van der Waals surface area contributed by atoms with Crippen molar-refractivity contribution in [3.8, 4) is 33.8 Å². The van der Waals surface area contributed by atoms with Crippen molar-refractivity contribution >= 4 is 84.8 Å². The monoisotopic (exact) mass is 871 g/mol. The molecule has 12 heteroatoms. The quantitative estimate of drug-likeness (QED) is 0.127. The van der Waals surface area contributed by atoms with Crippen LogP contribution in [-0.2, 0) is 0 Å². The third-order valence-corrected chi connectivity index (χ3v) is 14.0. The van der Waals surface area contributed by atoms with E-state index in [1.54, 1.807) is 11.8 Å². The van der Waals surface area contributed by atoms with Crippen LogP contribution in [-0.4, -0.2) is 63.1 Å². The van der Waals surface area contributed by atoms with Gasteiger partial charge in [-0.2, -0.15) is 0 Å². The van der Waals surface area contributed by atoms with Crippen molar-refractivity contribution in [3.05, 3.63) is 169 Å². The van der Waals surface area contributed by atoms with Gasteiger partial charge in [0.05, 0.1) is 72.4 Å². The molecule has 3 aromatic carbocycles. The van der Waals surface area contributed by atoms with Crippen molar-refractivity contribution < 1.29 is 0 Å². The van der Waals surface area contributed by atoms with Crippen molar-refractivity contribution in [1.82, 2.24) is 39.9 Å². The number of thioether (sulfide) groups is 1. The first kappa shape index (κ1) is 38.4. The number of pyridine rings is 4. The second kappa shape index (κ2) is 15.9. The van der Waals surface area contributed by atoms with Gasteiger partial charge >= 0.3 is 0 Å². The van der Waals surface area contributed by atoms with Crippen LogP contribution in [0.3, 0.4) is 0 Å². The van der Waals surface area contributed by atoms with E-state index in [9.17, 15) is 0 Å². The molecule has 0 fully saturated rings. The third kappa shape index (κ3) is 6.35. The van der Waals surface area contributed by atoms with Crippen LogP contribution in [0, 0.1) is 0 Å². The van der Waals surface area contributed by atoms with Crippen molar-refractivity contribution in [2.75, 3.05) is 5.32 Å². The van der Waals surface area contributed by atoms with Crippen LogP contribution in [0.15, 0.2) is 173 Å². The second-order valence-electron chi connectivity index (χ2n) is 16.5. The zero-order valence-electron chi connectivity index (χ0n) is 35.4. The van der Waals surface area contributed by atoms with E-state index in [4.69, 9.17) is 49.9 Å². The molecule has 0 saturated carbocycles. The van der Waals surface area contributed by atoms with Gasteiger partial charge < -0.3 is 5.32 Å². The highest BCUT2D eigenvalue weighted by Gasteiger charge is 2.41. The van der Waals surface area contributed by atoms with Gasteiger partial charge in [-0.05, 0) is 104 Å². The van der Waals surface area contributed by atoms with E-state index in [0.717, 1.165) is 115 Å². The summed E-state index contributed by atoms with van der Waals surface area (Å²) in [5.41, 5.74) is 17.4. The highest BCUT2D eigenvalue weighted by Crippen LogP contribution is 2.52. The summed E-state index contributed by atoms with van der Waals surface area (Å²) in [4.78, 5) is 52.9. The first-order valence-corrected chi connectivity index (χ1v) is 23.0. The molecule has 314 valence electrons. The molecule has 9 aromatic rings. The molecule has 0 amide bonds. The van der Waals surface area contributed by atoms with Crippen molar-refractivity contribution in [1.29, 1.82) is 0 Å². The number of nitrogens with one attached hydrogen (secondary N) is 1. The molecule has 66 heavy (non-hydrogen) atoms. The highest BCUT2D eigenvalue weighted by atomic mass is 32.2. The topological polar surface area (TPSA) is 140 Å². The highest BCUT2D eigenvalue weighted by molar-refractivity contribution is 8.00. The molecular weight excluding hydrogens is 835 g/mol. The predicted octanol–water partition coefficient (Wildman–Crippen LogP) is 11.7. The van der Waals surface area contributed by atoms with Crippen molar-refractivity contribution in [3.63, 3.8) is 0 Å². The fourth-order valence-electron chi connectivity index (χ4n) is 9.54. The first-order chi connectivity index (χ1) is 32.7. The number of nitrogens with zero attached hydrogens (tertiary/aromatic N) is 10. The lowest BCUT2D eigenvalue weighted by Gasteiger charge is -2.39. The number of anilines is 1. The standard InChI is InChI=1S/C54H37N11S/c1-7-25-55-37(13-1)31-19-20-32(38-14-2-8-26-56-38)44-43(31)61-48-49-51(64-46-34(40-16-4-10-28-58-40)22-21-33(45(46)63-49)39-15-3-9-27-57-39)54-52(50(48)62-44)65-47-35(41-17-5-11-29-59-41)23-24-36(53(47)66-54)42-18-6-12-30-60-42/h2-5,8-17,19-30,47,53,65H,1,6-7,18H2. The SMILES string of the molecule is C1=CN=C(C2=CC=C(c3ccccn3)C3Nc4c(c5nc6c(-c7ccccn7)ccc(-c7ccccn7)c6nc5c5nc6c(C7=CCCC=N7)ccc(-c7ccccn7)c6nc45)SC23)CC1. The fourth-order valence-corrected chi connectivity index (χ4v) is 11.0. The van der Waals surface area contributed by atoms with Crippen molar-refractivity contribution in [2.24, 2.45) is 9.98 Å². The van der Waals surface area contributed by atoms with Crippen LogP contribution in [0.2, 0.25) is 0 Å². The summed E-state index contributed by atoms with van der Waals surface area (Å²) < 4.78 is 0. The molecule has 0 bridgehead atoms. The summed E-state index contributed by atoms with van der Waals surface area (Å²) in [5, 5.41) is 4.01. The summed E-state index contributed by atoms with van der Waals surface area (Å²) in [6.07, 6.45) is 23.5. The number of hydrogen-bond acceptors (Lipinski definition) is 12. The number of hydrogen-bond donors (Lipinski definition) is 1. The molecule has 3 aliphatic heterocycles. The van der Waals surface area contributed by atoms with E-state index in [-0.39, 0.29) is 11.3 Å². The molecule has 0 spiro atoms. The molecule has 2 unspecified atom stereocenters. The number of benzene rings is 3. The van der Waals surface area contributed by atoms with Gasteiger partial charge in [0.25, 0.3) is 0 Å². The Labute approximate surface area is 383 Å². The minimum absolute atomic E-state index is 0.0850. The molecule has 0 radical (unpaired) electrons. The zero-order chi connectivity index (χ0) is 43.6. The lowest BCUT2D eigenvalue weighted by atomic mass is 9.86. The summed E-state index contributed by atoms with van der Waals surface area (Å²) in [6.45, 7) is 0. The van der Waals surface area contributed by atoms with Crippen molar-refractivity contribution in [2.45, 2.75) is 41.9 Å². The van der Waals surface area contributed by atoms with Gasteiger partial charge in [0.2, 0.25) is 0 Å². The van der Waals surface area contributed by atoms with E-state index >= 15 is 0 Å². The second-order valence-corrected chi connectivity index (χ2v) is 17.7. The van der Waals surface area contributed by atoms with Gasteiger partial charge in [0, 0.05) is 70.7 Å². The number of allylic oxidation sites excluding steroid dienone is 4. The minimum atomic E-state index is -0.194. The lowest BCUT2D eigenvalue weighted by Crippen LogP contribution is -2.41. The average Bonchev–Trinajstić information content (AvgIpc) is 3.40. The molecule has 4 aliphatic rings. The Morgan fingerprint density at radius 1 is 0.500 bits per heavy atom. The Kier molecular flexibility index (Phi) is 9.22. The molecule has 1 N–H and O–H groups in total. The maximum absolute atomic E-state index is 5.72. The van der Waals surface area contributed by atoms with Crippen LogP contribution in [0.25, 0.3) is 89.2 Å². The summed E-state index contributed by atoms with van der Waals surface area (Å²) in [6, 6.07) is 32.1. The van der Waals surface area contributed by atoms with Crippen LogP contribution in [0.4, 0.5) is 5.69 Å². The number of aliphatic imine (C=N–C) groups is 2. The molecule has 11 nitrogen and oxygen atoms in total. The summed E-state index contributed by atoms with van der Waals surface area (Å²) in [5.74, 6) is 0. The van der Waals surface area contributed by atoms with Crippen LogP contribution in [0.1, 0.15) is 36.9 Å². The zero-order valence-corrected chi connectivity index (χ0v) is 36.2. The van der Waals surface area contributed by atoms with Crippen LogP contribution < -0.4 is 5.32 Å². The smallest absolute Gasteiger partial charge is 0.120 e. The largest absolute Gasteiger partial charge is 0.374 e. The molecule has 0 saturated heterocycles. The van der Waals surface area contributed by atoms with Gasteiger partial charge in [-0.1, -0.05) is 48.6 Å². The van der Waals surface area contributed by atoms with Gasteiger partial charge in [-0.3, -0.25) is 29.9 Å². The number of aromatic nitrogens is 8. The van der Waals surface area contributed by atoms with E-state index < -0.39 is 0 Å². The van der Waals surface area contributed by atoms with Gasteiger partial charge in [0.15, 0.2) is 0 Å². The Hall–Kier alpha value is -8.09. The Balaban J connectivity index is 1.17. The predicted molar refractivity (Wildman–Crippen MR) is 266 cm³/mol. The molecule has 1 aliphatic carbocycles. The van der Waals surface area contributed by atoms with Gasteiger partial charge in [0.1, 0.15) is 22.1 Å².